The van der Waals surface area contributed by atoms with E-state index >= 15 is 0 Å². The summed E-state index contributed by atoms with van der Waals surface area (Å²) in [5.41, 5.74) is 0.980. The summed E-state index contributed by atoms with van der Waals surface area (Å²) < 4.78 is 10.7. The zero-order chi connectivity index (χ0) is 12.0. The maximum Gasteiger partial charge on any atom is 0.184 e. The summed E-state index contributed by atoms with van der Waals surface area (Å²) in [6, 6.07) is 7.66. The van der Waals surface area contributed by atoms with Crippen molar-refractivity contribution in [1.29, 1.82) is 5.26 Å². The van der Waals surface area contributed by atoms with Crippen LogP contribution in [0.4, 0.5) is 0 Å². The number of benzene rings is 1. The summed E-state index contributed by atoms with van der Waals surface area (Å²) in [5, 5.41) is 9.51. The van der Waals surface area contributed by atoms with Crippen LogP contribution in [0.15, 0.2) is 18.2 Å². The van der Waals surface area contributed by atoms with E-state index in [-0.39, 0.29) is 0 Å². The SMILES string of the molecule is CCC(C#N)Oc1ccc(OC)cc1CBr. The average Bonchev–Trinajstić information content (AvgIpc) is 2.35. The first-order valence-corrected chi connectivity index (χ1v) is 6.16. The molecule has 3 nitrogen and oxygen atoms in total. The Morgan fingerprint density at radius 2 is 2.25 bits per heavy atom. The van der Waals surface area contributed by atoms with Gasteiger partial charge in [0.05, 0.1) is 7.11 Å². The predicted molar refractivity (Wildman–Crippen MR) is 65.9 cm³/mol. The molecule has 1 aromatic rings. The largest absolute Gasteiger partial charge is 0.497 e. The lowest BCUT2D eigenvalue weighted by molar-refractivity contribution is 0.249. The van der Waals surface area contributed by atoms with E-state index in [2.05, 4.69) is 22.0 Å². The molecule has 0 saturated carbocycles. The molecule has 0 amide bonds. The maximum atomic E-state index is 8.84. The molecular formula is C12H14BrNO2. The van der Waals surface area contributed by atoms with Gasteiger partial charge >= 0.3 is 0 Å². The second kappa shape index (κ2) is 6.39. The number of rotatable bonds is 5. The van der Waals surface area contributed by atoms with E-state index in [1.54, 1.807) is 7.11 Å². The molecule has 1 unspecified atom stereocenters. The van der Waals surface area contributed by atoms with Crippen LogP contribution < -0.4 is 9.47 Å². The summed E-state index contributed by atoms with van der Waals surface area (Å²) in [4.78, 5) is 0. The number of nitrogens with zero attached hydrogens (tertiary/aromatic N) is 1. The zero-order valence-electron chi connectivity index (χ0n) is 9.37. The predicted octanol–water partition coefficient (Wildman–Crippen LogP) is 3.27. The van der Waals surface area contributed by atoms with Gasteiger partial charge in [0.25, 0.3) is 0 Å². The molecule has 1 aromatic carbocycles. The maximum absolute atomic E-state index is 8.84. The number of alkyl halides is 1. The first-order chi connectivity index (χ1) is 7.74. The molecule has 1 rings (SSSR count). The van der Waals surface area contributed by atoms with Crippen molar-refractivity contribution in [1.82, 2.24) is 0 Å². The van der Waals surface area contributed by atoms with Crippen LogP contribution in [0, 0.1) is 11.3 Å². The summed E-state index contributed by atoms with van der Waals surface area (Å²) >= 11 is 3.39. The van der Waals surface area contributed by atoms with Crippen LogP contribution >= 0.6 is 15.9 Å². The van der Waals surface area contributed by atoms with E-state index < -0.39 is 6.10 Å². The lowest BCUT2D eigenvalue weighted by atomic mass is 10.2. The molecule has 0 radical (unpaired) electrons. The Morgan fingerprint density at radius 3 is 2.75 bits per heavy atom. The third-order valence-electron chi connectivity index (χ3n) is 2.20. The Hall–Kier alpha value is -1.21. The van der Waals surface area contributed by atoms with Gasteiger partial charge in [-0.3, -0.25) is 0 Å². The van der Waals surface area contributed by atoms with Crippen molar-refractivity contribution in [3.63, 3.8) is 0 Å². The van der Waals surface area contributed by atoms with E-state index in [4.69, 9.17) is 14.7 Å². The van der Waals surface area contributed by atoms with E-state index in [1.165, 1.54) is 0 Å². The number of methoxy groups -OCH3 is 1. The normalized spacial score (nSPS) is 11.6. The number of hydrogen-bond donors (Lipinski definition) is 0. The molecule has 0 aromatic heterocycles. The molecule has 16 heavy (non-hydrogen) atoms. The average molecular weight is 284 g/mol. The van der Waals surface area contributed by atoms with Crippen molar-refractivity contribution in [3.05, 3.63) is 23.8 Å². The van der Waals surface area contributed by atoms with Gasteiger partial charge in [0.2, 0.25) is 0 Å². The highest BCUT2D eigenvalue weighted by atomic mass is 79.9. The summed E-state index contributed by atoms with van der Waals surface area (Å²) in [5.74, 6) is 1.51. The third kappa shape index (κ3) is 3.14. The van der Waals surface area contributed by atoms with Crippen molar-refractivity contribution in [2.45, 2.75) is 24.8 Å². The second-order valence-corrected chi connectivity index (χ2v) is 3.81. The van der Waals surface area contributed by atoms with Crippen molar-refractivity contribution in [2.24, 2.45) is 0 Å². The van der Waals surface area contributed by atoms with Crippen LogP contribution in [0.1, 0.15) is 18.9 Å². The monoisotopic (exact) mass is 283 g/mol. The standard InChI is InChI=1S/C12H14BrNO2/c1-3-10(8-14)16-12-5-4-11(15-2)6-9(12)7-13/h4-6,10H,3,7H2,1-2H3. The van der Waals surface area contributed by atoms with E-state index in [0.717, 1.165) is 17.1 Å². The minimum atomic E-state index is -0.397. The van der Waals surface area contributed by atoms with Crippen molar-refractivity contribution >= 4 is 15.9 Å². The van der Waals surface area contributed by atoms with Gasteiger partial charge in [0, 0.05) is 10.9 Å². The number of nitriles is 1. The fourth-order valence-corrected chi connectivity index (χ4v) is 1.69. The molecule has 1 atom stereocenters. The molecule has 0 aliphatic carbocycles. The van der Waals surface area contributed by atoms with Gasteiger partial charge in [0.1, 0.15) is 17.6 Å². The Morgan fingerprint density at radius 1 is 1.50 bits per heavy atom. The minimum absolute atomic E-state index is 0.397. The summed E-state index contributed by atoms with van der Waals surface area (Å²) in [6.07, 6.45) is 0.274. The third-order valence-corrected chi connectivity index (χ3v) is 2.80. The molecule has 0 bridgehead atoms. The molecule has 0 N–H and O–H groups in total. The Bertz CT molecular complexity index is 387. The molecule has 0 saturated heterocycles. The lowest BCUT2D eigenvalue weighted by Crippen LogP contribution is -2.13. The van der Waals surface area contributed by atoms with Gasteiger partial charge in [-0.2, -0.15) is 5.26 Å². The van der Waals surface area contributed by atoms with Crippen molar-refractivity contribution in [2.75, 3.05) is 7.11 Å². The zero-order valence-corrected chi connectivity index (χ0v) is 11.0. The van der Waals surface area contributed by atoms with Crippen LogP contribution in [-0.4, -0.2) is 13.2 Å². The summed E-state index contributed by atoms with van der Waals surface area (Å²) in [7, 11) is 1.62. The second-order valence-electron chi connectivity index (χ2n) is 3.25. The van der Waals surface area contributed by atoms with E-state index in [9.17, 15) is 0 Å². The van der Waals surface area contributed by atoms with Gasteiger partial charge in [-0.05, 0) is 24.6 Å². The molecule has 0 spiro atoms. The minimum Gasteiger partial charge on any atom is -0.497 e. The van der Waals surface area contributed by atoms with E-state index in [1.807, 2.05) is 25.1 Å². The van der Waals surface area contributed by atoms with Gasteiger partial charge in [-0.25, -0.2) is 0 Å². The van der Waals surface area contributed by atoms with Crippen molar-refractivity contribution < 1.29 is 9.47 Å². The summed E-state index contributed by atoms with van der Waals surface area (Å²) in [6.45, 7) is 1.92. The Labute approximate surface area is 104 Å². The van der Waals surface area contributed by atoms with Crippen LogP contribution in [0.25, 0.3) is 0 Å². The van der Waals surface area contributed by atoms with Crippen LogP contribution in [-0.2, 0) is 5.33 Å². The van der Waals surface area contributed by atoms with Gasteiger partial charge in [-0.15, -0.1) is 0 Å². The molecule has 86 valence electrons. The molecule has 0 aliphatic rings. The molecule has 4 heteroatoms. The number of hydrogen-bond acceptors (Lipinski definition) is 3. The highest BCUT2D eigenvalue weighted by molar-refractivity contribution is 9.08. The smallest absolute Gasteiger partial charge is 0.184 e. The molecule has 0 heterocycles. The van der Waals surface area contributed by atoms with Crippen molar-refractivity contribution in [3.8, 4) is 17.6 Å². The highest BCUT2D eigenvalue weighted by Crippen LogP contribution is 2.27. The topological polar surface area (TPSA) is 42.2 Å². The van der Waals surface area contributed by atoms with Gasteiger partial charge in [-0.1, -0.05) is 22.9 Å². The van der Waals surface area contributed by atoms with E-state index in [0.29, 0.717) is 11.8 Å². The first-order valence-electron chi connectivity index (χ1n) is 5.04. The fourth-order valence-electron chi connectivity index (χ4n) is 1.26. The molecular weight excluding hydrogens is 270 g/mol. The highest BCUT2D eigenvalue weighted by Gasteiger charge is 2.10. The molecule has 0 aliphatic heterocycles. The van der Waals surface area contributed by atoms with Crippen LogP contribution in [0.3, 0.4) is 0 Å². The van der Waals surface area contributed by atoms with Crippen LogP contribution in [0.5, 0.6) is 11.5 Å². The number of ether oxygens (including phenoxy) is 2. The quantitative estimate of drug-likeness (QED) is 0.779. The Kier molecular flexibility index (Phi) is 5.13. The number of halogens is 1. The van der Waals surface area contributed by atoms with Crippen LogP contribution in [0.2, 0.25) is 0 Å². The fraction of sp³-hybridized carbons (Fsp3) is 0.417. The van der Waals surface area contributed by atoms with Gasteiger partial charge in [0.15, 0.2) is 6.10 Å². The lowest BCUT2D eigenvalue weighted by Gasteiger charge is -2.14. The van der Waals surface area contributed by atoms with Gasteiger partial charge < -0.3 is 9.47 Å². The first kappa shape index (κ1) is 12.9. The Balaban J connectivity index is 2.91. The molecule has 0 fully saturated rings.